The van der Waals surface area contributed by atoms with E-state index >= 15 is 0 Å². The largest absolute Gasteiger partial charge is 0.316 e. The van der Waals surface area contributed by atoms with Gasteiger partial charge in [-0.1, -0.05) is 30.3 Å². The van der Waals surface area contributed by atoms with E-state index in [0.717, 1.165) is 32.5 Å². The van der Waals surface area contributed by atoms with Gasteiger partial charge >= 0.3 is 0 Å². The first-order valence-electron chi connectivity index (χ1n) is 9.99. The fourth-order valence-electron chi connectivity index (χ4n) is 3.52. The average molecular weight is 416 g/mol. The molecular weight excluding hydrogens is 386 g/mol. The number of hydrogen-bond donors (Lipinski definition) is 0. The number of amides is 1. The van der Waals surface area contributed by atoms with Gasteiger partial charge in [-0.25, -0.2) is 8.42 Å². The third kappa shape index (κ3) is 5.44. The monoisotopic (exact) mass is 415 g/mol. The molecule has 1 aliphatic rings. The summed E-state index contributed by atoms with van der Waals surface area (Å²) in [6.07, 6.45) is 1.79. The van der Waals surface area contributed by atoms with Gasteiger partial charge in [-0.3, -0.25) is 4.79 Å². The van der Waals surface area contributed by atoms with Gasteiger partial charge in [0, 0.05) is 45.8 Å². The minimum atomic E-state index is -3.54. The van der Waals surface area contributed by atoms with E-state index < -0.39 is 10.0 Å². The molecule has 1 fully saturated rings. The van der Waals surface area contributed by atoms with Crippen molar-refractivity contribution in [2.75, 3.05) is 44.7 Å². The molecule has 0 unspecified atom stereocenters. The summed E-state index contributed by atoms with van der Waals surface area (Å²) in [7, 11) is -1.86. The Hall–Kier alpha value is -2.22. The lowest BCUT2D eigenvalue weighted by Crippen LogP contribution is -2.35. The van der Waals surface area contributed by atoms with E-state index in [0.29, 0.717) is 18.8 Å². The van der Waals surface area contributed by atoms with Crippen molar-refractivity contribution in [2.45, 2.75) is 24.7 Å². The molecule has 0 saturated carbocycles. The highest BCUT2D eigenvalue weighted by Gasteiger charge is 2.27. The van der Waals surface area contributed by atoms with E-state index in [1.54, 1.807) is 35.6 Å². The Balaban J connectivity index is 1.62. The van der Waals surface area contributed by atoms with E-state index in [1.807, 2.05) is 18.2 Å². The van der Waals surface area contributed by atoms with Crippen molar-refractivity contribution in [3.63, 3.8) is 0 Å². The lowest BCUT2D eigenvalue weighted by Gasteiger charge is -2.22. The highest BCUT2D eigenvalue weighted by molar-refractivity contribution is 7.89. The van der Waals surface area contributed by atoms with Crippen molar-refractivity contribution in [2.24, 2.45) is 0 Å². The summed E-state index contributed by atoms with van der Waals surface area (Å²) in [6, 6.07) is 16.9. The summed E-state index contributed by atoms with van der Waals surface area (Å²) < 4.78 is 27.7. The van der Waals surface area contributed by atoms with Gasteiger partial charge < -0.3 is 9.80 Å². The molecule has 0 N–H and O–H groups in total. The number of benzene rings is 2. The molecule has 2 aromatic rings. The van der Waals surface area contributed by atoms with Crippen LogP contribution in [0, 0.1) is 0 Å². The molecule has 0 spiro atoms. The summed E-state index contributed by atoms with van der Waals surface area (Å²) in [4.78, 5) is 15.6. The molecule has 0 radical (unpaired) electrons. The highest BCUT2D eigenvalue weighted by atomic mass is 32.2. The van der Waals surface area contributed by atoms with Crippen LogP contribution >= 0.6 is 0 Å². The Bertz CT molecular complexity index is 914. The van der Waals surface area contributed by atoms with Crippen molar-refractivity contribution < 1.29 is 13.2 Å². The van der Waals surface area contributed by atoms with Crippen LogP contribution in [0.3, 0.4) is 0 Å². The number of nitrogens with zero attached hydrogens (tertiary/aromatic N) is 3. The normalized spacial score (nSPS) is 16.3. The second-order valence-electron chi connectivity index (χ2n) is 7.41. The van der Waals surface area contributed by atoms with Crippen molar-refractivity contribution in [1.82, 2.24) is 9.21 Å². The fraction of sp³-hybridized carbons (Fsp3) is 0.409. The van der Waals surface area contributed by atoms with E-state index in [2.05, 4.69) is 17.0 Å². The first kappa shape index (κ1) is 21.5. The molecule has 2 aromatic carbocycles. The molecule has 0 aliphatic carbocycles. The molecular formula is C22H29N3O3S. The Kier molecular flexibility index (Phi) is 7.05. The SMILES string of the molecule is CC(=O)N(C)c1ccc(S(=O)(=O)N2CCCN(CCc3ccccc3)CC2)cc1. The van der Waals surface area contributed by atoms with Crippen LogP contribution < -0.4 is 4.90 Å². The Morgan fingerprint density at radius 2 is 1.66 bits per heavy atom. The number of rotatable bonds is 6. The summed E-state index contributed by atoms with van der Waals surface area (Å²) in [5, 5.41) is 0. The van der Waals surface area contributed by atoms with Gasteiger partial charge in [-0.05, 0) is 49.2 Å². The fourth-order valence-corrected chi connectivity index (χ4v) is 4.99. The molecule has 156 valence electrons. The molecule has 29 heavy (non-hydrogen) atoms. The minimum Gasteiger partial charge on any atom is -0.316 e. The van der Waals surface area contributed by atoms with Gasteiger partial charge in [-0.2, -0.15) is 4.31 Å². The van der Waals surface area contributed by atoms with Crippen LogP contribution in [-0.4, -0.2) is 63.3 Å². The second-order valence-corrected chi connectivity index (χ2v) is 9.34. The predicted octanol–water partition coefficient (Wildman–Crippen LogP) is 2.61. The summed E-state index contributed by atoms with van der Waals surface area (Å²) in [6.45, 7) is 5.07. The predicted molar refractivity (Wildman–Crippen MR) is 115 cm³/mol. The summed E-state index contributed by atoms with van der Waals surface area (Å²) >= 11 is 0. The molecule has 7 heteroatoms. The van der Waals surface area contributed by atoms with Crippen LogP contribution in [0.5, 0.6) is 0 Å². The van der Waals surface area contributed by atoms with E-state index in [1.165, 1.54) is 17.4 Å². The Labute approximate surface area is 173 Å². The van der Waals surface area contributed by atoms with Gasteiger partial charge in [0.05, 0.1) is 4.90 Å². The zero-order chi connectivity index (χ0) is 20.9. The lowest BCUT2D eigenvalue weighted by atomic mass is 10.1. The average Bonchev–Trinajstić information content (AvgIpc) is 2.99. The molecule has 1 saturated heterocycles. The third-order valence-corrected chi connectivity index (χ3v) is 7.35. The van der Waals surface area contributed by atoms with Crippen LogP contribution in [0.25, 0.3) is 0 Å². The van der Waals surface area contributed by atoms with Gasteiger partial charge in [0.15, 0.2) is 0 Å². The van der Waals surface area contributed by atoms with Crippen molar-refractivity contribution in [1.29, 1.82) is 0 Å². The zero-order valence-corrected chi connectivity index (χ0v) is 17.9. The first-order valence-corrected chi connectivity index (χ1v) is 11.4. The lowest BCUT2D eigenvalue weighted by molar-refractivity contribution is -0.116. The molecule has 3 rings (SSSR count). The Morgan fingerprint density at radius 1 is 0.966 bits per heavy atom. The van der Waals surface area contributed by atoms with Gasteiger partial charge in [-0.15, -0.1) is 0 Å². The summed E-state index contributed by atoms with van der Waals surface area (Å²) in [5.74, 6) is -0.0938. The molecule has 1 aliphatic heterocycles. The molecule has 1 heterocycles. The van der Waals surface area contributed by atoms with Crippen LogP contribution in [0.15, 0.2) is 59.5 Å². The van der Waals surface area contributed by atoms with Crippen LogP contribution in [-0.2, 0) is 21.2 Å². The smallest absolute Gasteiger partial charge is 0.243 e. The van der Waals surface area contributed by atoms with Gasteiger partial charge in [0.25, 0.3) is 0 Å². The maximum absolute atomic E-state index is 13.1. The molecule has 0 bridgehead atoms. The maximum Gasteiger partial charge on any atom is 0.243 e. The number of carbonyl (C=O) groups is 1. The van der Waals surface area contributed by atoms with Gasteiger partial charge in [0.1, 0.15) is 0 Å². The number of anilines is 1. The third-order valence-electron chi connectivity index (χ3n) is 5.44. The molecule has 0 aromatic heterocycles. The Morgan fingerprint density at radius 3 is 2.31 bits per heavy atom. The van der Waals surface area contributed by atoms with Crippen molar-refractivity contribution in [3.8, 4) is 0 Å². The number of hydrogen-bond acceptors (Lipinski definition) is 4. The van der Waals surface area contributed by atoms with Crippen molar-refractivity contribution >= 4 is 21.6 Å². The quantitative estimate of drug-likeness (QED) is 0.728. The maximum atomic E-state index is 13.1. The first-order chi connectivity index (χ1) is 13.9. The van der Waals surface area contributed by atoms with Crippen LogP contribution in [0.2, 0.25) is 0 Å². The van der Waals surface area contributed by atoms with Crippen molar-refractivity contribution in [3.05, 3.63) is 60.2 Å². The summed E-state index contributed by atoms with van der Waals surface area (Å²) in [5.41, 5.74) is 1.98. The molecule has 6 nitrogen and oxygen atoms in total. The van der Waals surface area contributed by atoms with E-state index in [9.17, 15) is 13.2 Å². The topological polar surface area (TPSA) is 60.9 Å². The number of sulfonamides is 1. The number of carbonyl (C=O) groups excluding carboxylic acids is 1. The van der Waals surface area contributed by atoms with Gasteiger partial charge in [0.2, 0.25) is 15.9 Å². The zero-order valence-electron chi connectivity index (χ0n) is 17.1. The van der Waals surface area contributed by atoms with E-state index in [4.69, 9.17) is 0 Å². The molecule has 1 amide bonds. The molecule has 0 atom stereocenters. The standard InChI is InChI=1S/C22H29N3O3S/c1-19(26)23(2)21-9-11-22(12-10-21)29(27,28)25-15-6-14-24(17-18-25)16-13-20-7-4-3-5-8-20/h3-5,7-12H,6,13-18H2,1-2H3. The van der Waals surface area contributed by atoms with E-state index in [-0.39, 0.29) is 10.8 Å². The minimum absolute atomic E-state index is 0.0938. The van der Waals surface area contributed by atoms with Crippen LogP contribution in [0.1, 0.15) is 18.9 Å². The highest BCUT2D eigenvalue weighted by Crippen LogP contribution is 2.21. The second kappa shape index (κ2) is 9.52. The van der Waals surface area contributed by atoms with Crippen LogP contribution in [0.4, 0.5) is 5.69 Å².